The Labute approximate surface area is 119 Å². The molecule has 21 heavy (non-hydrogen) atoms. The molecule has 10 heteroatoms. The second kappa shape index (κ2) is 10.9. The summed E-state index contributed by atoms with van der Waals surface area (Å²) >= 11 is 0. The standard InChI is InChI=1S/C6H12O6.C5H6O4/c7-1-3(9)5(11)6(12)4(10)2-8;1-3(5(8)9)2-4(6)7/h1,3-6,8-12H,2H2;1-2H2,(H,6,7)(H,8,9)/t3-,4+,5+,6+;/m0./s1. The van der Waals surface area contributed by atoms with Crippen molar-refractivity contribution in [3.05, 3.63) is 12.2 Å². The molecule has 0 heterocycles. The fraction of sp³-hybridized carbons (Fsp3) is 0.545. The fourth-order valence-electron chi connectivity index (χ4n) is 0.876. The molecule has 0 aliphatic heterocycles. The molecule has 0 aromatic rings. The Bertz CT molecular complexity index is 366. The van der Waals surface area contributed by atoms with Crippen molar-refractivity contribution in [1.82, 2.24) is 0 Å². The molecule has 0 aliphatic rings. The minimum atomic E-state index is -1.79. The van der Waals surface area contributed by atoms with Crippen LogP contribution in [0.4, 0.5) is 0 Å². The summed E-state index contributed by atoms with van der Waals surface area (Å²) in [6, 6.07) is 0. The summed E-state index contributed by atoms with van der Waals surface area (Å²) < 4.78 is 0. The zero-order chi connectivity index (χ0) is 17.2. The van der Waals surface area contributed by atoms with Crippen LogP contribution in [0.15, 0.2) is 12.2 Å². The quantitative estimate of drug-likeness (QED) is 0.176. The van der Waals surface area contributed by atoms with E-state index < -0.39 is 49.4 Å². The number of aliphatic hydroxyl groups is 5. The van der Waals surface area contributed by atoms with Gasteiger partial charge in [0.25, 0.3) is 0 Å². The molecule has 0 fully saturated rings. The van der Waals surface area contributed by atoms with Gasteiger partial charge in [-0.25, -0.2) is 4.79 Å². The molecular formula is C11H18O10. The van der Waals surface area contributed by atoms with Gasteiger partial charge in [0.05, 0.1) is 13.0 Å². The summed E-state index contributed by atoms with van der Waals surface area (Å²) in [6.07, 6.45) is -7.34. The number of carboxylic acids is 2. The van der Waals surface area contributed by atoms with Crippen molar-refractivity contribution in [1.29, 1.82) is 0 Å². The second-order valence-electron chi connectivity index (χ2n) is 3.84. The molecule has 0 radical (unpaired) electrons. The van der Waals surface area contributed by atoms with Crippen LogP contribution >= 0.6 is 0 Å². The molecule has 7 N–H and O–H groups in total. The zero-order valence-electron chi connectivity index (χ0n) is 10.9. The van der Waals surface area contributed by atoms with E-state index in [1.165, 1.54) is 0 Å². The van der Waals surface area contributed by atoms with E-state index in [0.29, 0.717) is 0 Å². The minimum absolute atomic E-state index is 0.0258. The van der Waals surface area contributed by atoms with Crippen LogP contribution in [-0.2, 0) is 14.4 Å². The molecule has 0 aliphatic carbocycles. The summed E-state index contributed by atoms with van der Waals surface area (Å²) in [4.78, 5) is 29.6. The molecule has 10 nitrogen and oxygen atoms in total. The molecule has 122 valence electrons. The molecule has 0 saturated heterocycles. The Morgan fingerprint density at radius 3 is 1.76 bits per heavy atom. The molecule has 0 rings (SSSR count). The lowest BCUT2D eigenvalue weighted by Crippen LogP contribution is -2.46. The molecule has 0 bridgehead atoms. The van der Waals surface area contributed by atoms with Crippen LogP contribution in [0, 0.1) is 0 Å². The third kappa shape index (κ3) is 9.65. The topological polar surface area (TPSA) is 193 Å². The number of hydrogen-bond acceptors (Lipinski definition) is 8. The number of carbonyl (C=O) groups is 3. The van der Waals surface area contributed by atoms with E-state index in [0.717, 1.165) is 0 Å². The molecular weight excluding hydrogens is 292 g/mol. The van der Waals surface area contributed by atoms with Crippen molar-refractivity contribution < 1.29 is 50.1 Å². The first kappa shape index (κ1) is 21.4. The molecule has 0 spiro atoms. The van der Waals surface area contributed by atoms with Gasteiger partial charge in [0.1, 0.15) is 24.4 Å². The average molecular weight is 310 g/mol. The first-order valence-electron chi connectivity index (χ1n) is 5.49. The lowest BCUT2D eigenvalue weighted by atomic mass is 10.0. The summed E-state index contributed by atoms with van der Waals surface area (Å²) in [6.45, 7) is 2.25. The number of aliphatic hydroxyl groups excluding tert-OH is 5. The molecule has 0 aromatic carbocycles. The third-order valence-corrected chi connectivity index (χ3v) is 2.09. The largest absolute Gasteiger partial charge is 0.481 e. The van der Waals surface area contributed by atoms with E-state index >= 15 is 0 Å². The fourth-order valence-corrected chi connectivity index (χ4v) is 0.876. The summed E-state index contributed by atoms with van der Waals surface area (Å²) in [5.41, 5.74) is -0.303. The van der Waals surface area contributed by atoms with Gasteiger partial charge in [-0.05, 0) is 0 Å². The third-order valence-electron chi connectivity index (χ3n) is 2.09. The Balaban J connectivity index is 0. The predicted octanol–water partition coefficient (Wildman–Crippen LogP) is -3.28. The minimum Gasteiger partial charge on any atom is -0.481 e. The zero-order valence-corrected chi connectivity index (χ0v) is 10.9. The van der Waals surface area contributed by atoms with E-state index in [1.807, 2.05) is 0 Å². The lowest BCUT2D eigenvalue weighted by Gasteiger charge is -2.22. The van der Waals surface area contributed by atoms with E-state index in [4.69, 9.17) is 35.7 Å². The molecule has 0 amide bonds. The number of carboxylic acid groups (broad SMARTS) is 2. The summed E-state index contributed by atoms with van der Waals surface area (Å²) in [7, 11) is 0. The van der Waals surface area contributed by atoms with Gasteiger partial charge in [-0.15, -0.1) is 0 Å². The van der Waals surface area contributed by atoms with E-state index in [1.54, 1.807) is 0 Å². The maximum Gasteiger partial charge on any atom is 0.331 e. The van der Waals surface area contributed by atoms with Crippen LogP contribution in [0.2, 0.25) is 0 Å². The van der Waals surface area contributed by atoms with Gasteiger partial charge in [-0.2, -0.15) is 0 Å². The highest BCUT2D eigenvalue weighted by atomic mass is 16.4. The van der Waals surface area contributed by atoms with Gasteiger partial charge < -0.3 is 40.5 Å². The first-order valence-corrected chi connectivity index (χ1v) is 5.49. The van der Waals surface area contributed by atoms with Crippen molar-refractivity contribution in [2.45, 2.75) is 30.8 Å². The van der Waals surface area contributed by atoms with Crippen LogP contribution in [0.5, 0.6) is 0 Å². The first-order chi connectivity index (χ1) is 9.58. The SMILES string of the molecule is C=C(CC(=O)O)C(=O)O.O=C[C@H](O)[C@@H](O)[C@H](O)[C@H](O)CO. The van der Waals surface area contributed by atoms with Crippen LogP contribution in [0.1, 0.15) is 6.42 Å². The predicted molar refractivity (Wildman–Crippen MR) is 66.2 cm³/mol. The van der Waals surface area contributed by atoms with Crippen LogP contribution in [0.25, 0.3) is 0 Å². The van der Waals surface area contributed by atoms with Gasteiger partial charge >= 0.3 is 11.9 Å². The second-order valence-corrected chi connectivity index (χ2v) is 3.84. The number of aliphatic carboxylic acids is 2. The molecule has 0 aromatic heterocycles. The average Bonchev–Trinajstić information content (AvgIpc) is 2.43. The van der Waals surface area contributed by atoms with Crippen molar-refractivity contribution >= 4 is 18.2 Å². The van der Waals surface area contributed by atoms with Gasteiger partial charge in [-0.1, -0.05) is 6.58 Å². The Hall–Kier alpha value is -1.85. The lowest BCUT2D eigenvalue weighted by molar-refractivity contribution is -0.139. The molecule has 0 unspecified atom stereocenters. The molecule has 0 saturated carbocycles. The number of aldehydes is 1. The Morgan fingerprint density at radius 2 is 1.52 bits per heavy atom. The number of rotatable bonds is 8. The smallest absolute Gasteiger partial charge is 0.331 e. The Kier molecular flexibility index (Phi) is 11.1. The molecule has 4 atom stereocenters. The van der Waals surface area contributed by atoms with Crippen LogP contribution in [-0.4, -0.2) is 85.0 Å². The van der Waals surface area contributed by atoms with Gasteiger partial charge in [0.15, 0.2) is 6.29 Å². The highest BCUT2D eigenvalue weighted by Crippen LogP contribution is 2.02. The van der Waals surface area contributed by atoms with Gasteiger partial charge in [0, 0.05) is 5.57 Å². The van der Waals surface area contributed by atoms with Crippen molar-refractivity contribution in [3.8, 4) is 0 Å². The van der Waals surface area contributed by atoms with E-state index in [-0.39, 0.29) is 11.9 Å². The monoisotopic (exact) mass is 310 g/mol. The van der Waals surface area contributed by atoms with Crippen molar-refractivity contribution in [2.75, 3.05) is 6.61 Å². The van der Waals surface area contributed by atoms with Gasteiger partial charge in [-0.3, -0.25) is 4.79 Å². The highest BCUT2D eigenvalue weighted by Gasteiger charge is 2.29. The highest BCUT2D eigenvalue weighted by molar-refractivity contribution is 5.91. The van der Waals surface area contributed by atoms with Crippen molar-refractivity contribution in [3.63, 3.8) is 0 Å². The number of carbonyl (C=O) groups excluding carboxylic acids is 1. The van der Waals surface area contributed by atoms with E-state index in [2.05, 4.69) is 6.58 Å². The maximum absolute atomic E-state index is 9.90. The summed E-state index contributed by atoms with van der Waals surface area (Å²) in [5, 5.41) is 59.6. The summed E-state index contributed by atoms with van der Waals surface area (Å²) in [5.74, 6) is -2.44. The normalized spacial score (nSPS) is 15.7. The van der Waals surface area contributed by atoms with Crippen molar-refractivity contribution in [2.24, 2.45) is 0 Å². The van der Waals surface area contributed by atoms with Crippen LogP contribution in [0.3, 0.4) is 0 Å². The van der Waals surface area contributed by atoms with Crippen LogP contribution < -0.4 is 0 Å². The van der Waals surface area contributed by atoms with E-state index in [9.17, 15) is 14.4 Å². The Morgan fingerprint density at radius 1 is 1.05 bits per heavy atom. The van der Waals surface area contributed by atoms with Gasteiger partial charge in [0.2, 0.25) is 0 Å². The number of hydrogen-bond donors (Lipinski definition) is 7. The maximum atomic E-state index is 9.90.